The van der Waals surface area contributed by atoms with Gasteiger partial charge in [0, 0.05) is 41.2 Å². The number of hydrogen-bond donors (Lipinski definition) is 3. The maximum absolute atomic E-state index is 13.1. The third-order valence-corrected chi connectivity index (χ3v) is 6.77. The zero-order chi connectivity index (χ0) is 25.5. The van der Waals surface area contributed by atoms with Crippen LogP contribution in [-0.2, 0) is 24.2 Å². The first kappa shape index (κ1) is 24.3. The van der Waals surface area contributed by atoms with Gasteiger partial charge in [-0.05, 0) is 65.8 Å². The number of rotatable bonds is 10. The minimum Gasteiger partial charge on any atom is -0.385 e. The SMILES string of the molecule is Cc1c(NCCCc2ccccc2)ccc(-c2ccccc2)c1CC(=O)NCc1cc2cnccc2[nH]1. The van der Waals surface area contributed by atoms with Gasteiger partial charge in [-0.15, -0.1) is 0 Å². The topological polar surface area (TPSA) is 69.8 Å². The van der Waals surface area contributed by atoms with Crippen LogP contribution >= 0.6 is 0 Å². The second-order valence-electron chi connectivity index (χ2n) is 9.36. The fourth-order valence-electron chi connectivity index (χ4n) is 4.77. The summed E-state index contributed by atoms with van der Waals surface area (Å²) in [6.45, 7) is 3.44. The Labute approximate surface area is 218 Å². The Morgan fingerprint density at radius 2 is 1.73 bits per heavy atom. The van der Waals surface area contributed by atoms with Crippen molar-refractivity contribution in [2.75, 3.05) is 11.9 Å². The van der Waals surface area contributed by atoms with Crippen molar-refractivity contribution in [1.29, 1.82) is 0 Å². The number of benzene rings is 3. The first-order valence-electron chi connectivity index (χ1n) is 12.8. The summed E-state index contributed by atoms with van der Waals surface area (Å²) < 4.78 is 0. The molecular weight excluding hydrogens is 456 g/mol. The molecule has 5 aromatic rings. The van der Waals surface area contributed by atoms with Gasteiger partial charge in [-0.1, -0.05) is 66.7 Å². The van der Waals surface area contributed by atoms with Crippen molar-refractivity contribution in [1.82, 2.24) is 15.3 Å². The van der Waals surface area contributed by atoms with Crippen LogP contribution in [0.3, 0.4) is 0 Å². The van der Waals surface area contributed by atoms with Gasteiger partial charge in [0.1, 0.15) is 0 Å². The molecular formula is C32H32N4O. The molecule has 0 saturated heterocycles. The molecule has 0 unspecified atom stereocenters. The molecule has 0 aliphatic carbocycles. The fraction of sp³-hybridized carbons (Fsp3) is 0.188. The smallest absolute Gasteiger partial charge is 0.224 e. The number of amides is 1. The zero-order valence-electron chi connectivity index (χ0n) is 21.1. The average molecular weight is 489 g/mol. The van der Waals surface area contributed by atoms with Gasteiger partial charge >= 0.3 is 0 Å². The summed E-state index contributed by atoms with van der Waals surface area (Å²) in [7, 11) is 0. The molecule has 0 aliphatic heterocycles. The zero-order valence-corrected chi connectivity index (χ0v) is 21.1. The maximum Gasteiger partial charge on any atom is 0.224 e. The first-order chi connectivity index (χ1) is 18.2. The van der Waals surface area contributed by atoms with E-state index in [4.69, 9.17) is 0 Å². The van der Waals surface area contributed by atoms with E-state index in [2.05, 4.69) is 82.1 Å². The Morgan fingerprint density at radius 3 is 2.51 bits per heavy atom. The lowest BCUT2D eigenvalue weighted by atomic mass is 9.92. The number of nitrogens with zero attached hydrogens (tertiary/aromatic N) is 1. The monoisotopic (exact) mass is 488 g/mol. The molecule has 0 saturated carbocycles. The molecule has 0 atom stereocenters. The van der Waals surface area contributed by atoms with E-state index in [-0.39, 0.29) is 5.91 Å². The van der Waals surface area contributed by atoms with E-state index in [1.165, 1.54) is 5.56 Å². The lowest BCUT2D eigenvalue weighted by Gasteiger charge is -2.18. The summed E-state index contributed by atoms with van der Waals surface area (Å²) in [5, 5.41) is 7.74. The highest BCUT2D eigenvalue weighted by Crippen LogP contribution is 2.31. The second-order valence-corrected chi connectivity index (χ2v) is 9.36. The van der Waals surface area contributed by atoms with Crippen LogP contribution in [0.4, 0.5) is 5.69 Å². The van der Waals surface area contributed by atoms with Gasteiger partial charge in [-0.2, -0.15) is 0 Å². The molecule has 0 fully saturated rings. The van der Waals surface area contributed by atoms with Gasteiger partial charge in [0.25, 0.3) is 0 Å². The number of hydrogen-bond acceptors (Lipinski definition) is 3. The van der Waals surface area contributed by atoms with Crippen LogP contribution in [0, 0.1) is 6.92 Å². The highest BCUT2D eigenvalue weighted by Gasteiger charge is 2.15. The maximum atomic E-state index is 13.1. The molecule has 1 amide bonds. The molecule has 0 aliphatic rings. The molecule has 0 spiro atoms. The molecule has 37 heavy (non-hydrogen) atoms. The van der Waals surface area contributed by atoms with E-state index < -0.39 is 0 Å². The molecule has 5 rings (SSSR count). The Kier molecular flexibility index (Phi) is 7.60. The number of aromatic amines is 1. The van der Waals surface area contributed by atoms with Crippen LogP contribution in [0.1, 0.15) is 28.8 Å². The Balaban J connectivity index is 1.29. The predicted molar refractivity (Wildman–Crippen MR) is 152 cm³/mol. The molecule has 2 heterocycles. The van der Waals surface area contributed by atoms with Crippen molar-refractivity contribution in [2.24, 2.45) is 0 Å². The number of pyridine rings is 1. The highest BCUT2D eigenvalue weighted by molar-refractivity contribution is 5.84. The van der Waals surface area contributed by atoms with Crippen LogP contribution in [0.15, 0.2) is 97.3 Å². The molecule has 2 aromatic heterocycles. The number of carbonyl (C=O) groups is 1. The van der Waals surface area contributed by atoms with Gasteiger partial charge in [-0.25, -0.2) is 0 Å². The molecule has 3 aromatic carbocycles. The first-order valence-corrected chi connectivity index (χ1v) is 12.8. The second kappa shape index (κ2) is 11.6. The summed E-state index contributed by atoms with van der Waals surface area (Å²) in [5.41, 5.74) is 8.80. The largest absolute Gasteiger partial charge is 0.385 e. The van der Waals surface area contributed by atoms with Crippen molar-refractivity contribution in [3.05, 3.63) is 120 Å². The van der Waals surface area contributed by atoms with Gasteiger partial charge < -0.3 is 15.6 Å². The number of anilines is 1. The molecule has 3 N–H and O–H groups in total. The molecule has 0 radical (unpaired) electrons. The number of aromatic nitrogens is 2. The minimum absolute atomic E-state index is 0.00158. The quantitative estimate of drug-likeness (QED) is 0.198. The van der Waals surface area contributed by atoms with E-state index >= 15 is 0 Å². The van der Waals surface area contributed by atoms with E-state index in [0.29, 0.717) is 13.0 Å². The van der Waals surface area contributed by atoms with Crippen molar-refractivity contribution < 1.29 is 4.79 Å². The molecule has 186 valence electrons. The average Bonchev–Trinajstić information content (AvgIpc) is 3.36. The van der Waals surface area contributed by atoms with E-state index in [1.807, 2.05) is 36.5 Å². The van der Waals surface area contributed by atoms with Crippen LogP contribution < -0.4 is 10.6 Å². The number of H-pyrrole nitrogens is 1. The third-order valence-electron chi connectivity index (χ3n) is 6.77. The molecule has 5 heteroatoms. The van der Waals surface area contributed by atoms with Crippen molar-refractivity contribution >= 4 is 22.5 Å². The van der Waals surface area contributed by atoms with Crippen LogP contribution in [-0.4, -0.2) is 22.4 Å². The number of nitrogens with one attached hydrogen (secondary N) is 3. The Morgan fingerprint density at radius 1 is 0.946 bits per heavy atom. The highest BCUT2D eigenvalue weighted by atomic mass is 16.1. The van der Waals surface area contributed by atoms with E-state index in [0.717, 1.165) is 63.9 Å². The number of aryl methyl sites for hydroxylation is 1. The van der Waals surface area contributed by atoms with Crippen molar-refractivity contribution in [3.63, 3.8) is 0 Å². The summed E-state index contributed by atoms with van der Waals surface area (Å²) >= 11 is 0. The minimum atomic E-state index is -0.00158. The summed E-state index contributed by atoms with van der Waals surface area (Å²) in [4.78, 5) is 20.6. The van der Waals surface area contributed by atoms with E-state index in [1.54, 1.807) is 6.20 Å². The predicted octanol–water partition coefficient (Wildman–Crippen LogP) is 6.44. The molecule has 0 bridgehead atoms. The summed E-state index contributed by atoms with van der Waals surface area (Å²) in [5.74, 6) is -0.00158. The van der Waals surface area contributed by atoms with Crippen molar-refractivity contribution in [2.45, 2.75) is 32.7 Å². The van der Waals surface area contributed by atoms with E-state index in [9.17, 15) is 4.79 Å². The van der Waals surface area contributed by atoms with Gasteiger partial charge in [0.15, 0.2) is 0 Å². The van der Waals surface area contributed by atoms with Crippen LogP contribution in [0.25, 0.3) is 22.0 Å². The van der Waals surface area contributed by atoms with Gasteiger partial charge in [-0.3, -0.25) is 9.78 Å². The lowest BCUT2D eigenvalue weighted by Crippen LogP contribution is -2.25. The molecule has 5 nitrogen and oxygen atoms in total. The third kappa shape index (κ3) is 6.07. The van der Waals surface area contributed by atoms with Gasteiger partial charge in [0.2, 0.25) is 5.91 Å². The van der Waals surface area contributed by atoms with Gasteiger partial charge in [0.05, 0.1) is 13.0 Å². The van der Waals surface area contributed by atoms with Crippen molar-refractivity contribution in [3.8, 4) is 11.1 Å². The Bertz CT molecular complexity index is 1440. The standard InChI is InChI=1S/C32H32N4O/c1-23-29(20-32(37)35-22-27-19-26-21-33-18-16-31(26)36-27)28(25-12-6-3-7-13-25)14-15-30(23)34-17-8-11-24-9-4-2-5-10-24/h2-7,9-10,12-16,18-19,21,34,36H,8,11,17,20,22H2,1H3,(H,35,37). The lowest BCUT2D eigenvalue weighted by molar-refractivity contribution is -0.120. The number of fused-ring (bicyclic) bond motifs is 1. The number of carbonyl (C=O) groups excluding carboxylic acids is 1. The van der Waals surface area contributed by atoms with Crippen LogP contribution in [0.2, 0.25) is 0 Å². The van der Waals surface area contributed by atoms with Crippen LogP contribution in [0.5, 0.6) is 0 Å². The Hall–Kier alpha value is -4.38. The summed E-state index contributed by atoms with van der Waals surface area (Å²) in [6, 6.07) is 29.1. The summed E-state index contributed by atoms with van der Waals surface area (Å²) in [6.07, 6.45) is 5.98. The fourth-order valence-corrected chi connectivity index (χ4v) is 4.77. The normalized spacial score (nSPS) is 10.9.